The van der Waals surface area contributed by atoms with Crippen molar-refractivity contribution in [3.05, 3.63) is 119 Å². The first-order valence-electron chi connectivity index (χ1n) is 12.8. The molecule has 0 saturated carbocycles. The van der Waals surface area contributed by atoms with Gasteiger partial charge < -0.3 is 0 Å². The fourth-order valence-electron chi connectivity index (χ4n) is 5.08. The summed E-state index contributed by atoms with van der Waals surface area (Å²) < 4.78 is 29.4. The first kappa shape index (κ1) is 25.3. The van der Waals surface area contributed by atoms with Gasteiger partial charge in [0.15, 0.2) is 5.13 Å². The van der Waals surface area contributed by atoms with Gasteiger partial charge in [-0.2, -0.15) is 0 Å². The van der Waals surface area contributed by atoms with Crippen molar-refractivity contribution in [2.45, 2.75) is 31.7 Å². The lowest BCUT2D eigenvalue weighted by molar-refractivity contribution is 0.0985. The van der Waals surface area contributed by atoms with Crippen LogP contribution in [0.5, 0.6) is 0 Å². The molecule has 5 aromatic rings. The van der Waals surface area contributed by atoms with Gasteiger partial charge in [0.05, 0.1) is 27.3 Å². The quantitative estimate of drug-likeness (QED) is 0.240. The van der Waals surface area contributed by atoms with Crippen molar-refractivity contribution in [3.8, 4) is 0 Å². The Morgan fingerprint density at radius 2 is 1.67 bits per heavy atom. The minimum absolute atomic E-state index is 0.163. The van der Waals surface area contributed by atoms with E-state index in [1.807, 2.05) is 61.5 Å². The molecule has 1 aliphatic heterocycles. The monoisotopic (exact) mass is 553 g/mol. The summed E-state index contributed by atoms with van der Waals surface area (Å²) >= 11 is 1.49. The summed E-state index contributed by atoms with van der Waals surface area (Å²) in [6.07, 6.45) is 0.682. The van der Waals surface area contributed by atoms with E-state index < -0.39 is 10.0 Å². The molecule has 1 amide bonds. The van der Waals surface area contributed by atoms with Gasteiger partial charge in [-0.15, -0.1) is 0 Å². The third-order valence-electron chi connectivity index (χ3n) is 7.01. The van der Waals surface area contributed by atoms with Crippen LogP contribution in [-0.2, 0) is 23.0 Å². The third kappa shape index (κ3) is 4.70. The Morgan fingerprint density at radius 1 is 0.949 bits per heavy atom. The van der Waals surface area contributed by atoms with E-state index in [-0.39, 0.29) is 10.8 Å². The van der Waals surface area contributed by atoms with E-state index in [0.717, 1.165) is 32.5 Å². The summed E-state index contributed by atoms with van der Waals surface area (Å²) in [6, 6.07) is 27.8. The molecule has 0 atom stereocenters. The van der Waals surface area contributed by atoms with Crippen molar-refractivity contribution in [3.63, 3.8) is 0 Å². The minimum Gasteiger partial charge on any atom is -0.279 e. The number of carbonyl (C=O) groups excluding carboxylic acids is 1. The molecule has 0 spiro atoms. The van der Waals surface area contributed by atoms with Crippen LogP contribution in [0.4, 0.5) is 10.8 Å². The van der Waals surface area contributed by atoms with Gasteiger partial charge in [-0.25, -0.2) is 13.4 Å². The molecule has 0 radical (unpaired) electrons. The predicted octanol–water partition coefficient (Wildman–Crippen LogP) is 6.51. The zero-order chi connectivity index (χ0) is 27.1. The number of aromatic nitrogens is 1. The number of rotatable bonds is 6. The van der Waals surface area contributed by atoms with Crippen LogP contribution in [-0.4, -0.2) is 25.9 Å². The van der Waals surface area contributed by atoms with Gasteiger partial charge in [0.2, 0.25) is 0 Å². The molecule has 0 fully saturated rings. The number of benzene rings is 4. The van der Waals surface area contributed by atoms with E-state index in [0.29, 0.717) is 35.9 Å². The van der Waals surface area contributed by atoms with Gasteiger partial charge in [-0.05, 0) is 78.9 Å². The van der Waals surface area contributed by atoms with Crippen molar-refractivity contribution < 1.29 is 13.2 Å². The van der Waals surface area contributed by atoms with E-state index >= 15 is 0 Å². The Balaban J connectivity index is 1.34. The number of para-hydroxylation sites is 1. The Morgan fingerprint density at radius 3 is 2.44 bits per heavy atom. The maximum absolute atomic E-state index is 13.9. The van der Waals surface area contributed by atoms with E-state index in [9.17, 15) is 13.2 Å². The number of hydrogen-bond acceptors (Lipinski definition) is 5. The lowest BCUT2D eigenvalue weighted by Crippen LogP contribution is -2.31. The van der Waals surface area contributed by atoms with Gasteiger partial charge in [-0.3, -0.25) is 14.0 Å². The van der Waals surface area contributed by atoms with Crippen molar-refractivity contribution >= 4 is 48.3 Å². The molecule has 0 bridgehead atoms. The number of anilines is 2. The van der Waals surface area contributed by atoms with E-state index in [1.54, 1.807) is 17.0 Å². The molecule has 1 aromatic heterocycles. The fourth-order valence-corrected chi connectivity index (χ4v) is 7.72. The Hall–Kier alpha value is -4.01. The highest BCUT2D eigenvalue weighted by atomic mass is 32.2. The Kier molecular flexibility index (Phi) is 6.45. The molecule has 8 heteroatoms. The van der Waals surface area contributed by atoms with Crippen LogP contribution in [0.1, 0.15) is 32.6 Å². The highest BCUT2D eigenvalue weighted by molar-refractivity contribution is 7.92. The standard InChI is InChI=1S/C31H27N3O3S2/c1-21-18-22(2)29-28(19-21)38-31(32-29)33(20-23-8-4-3-5-9-23)30(35)25-12-14-26(15-13-25)39(36,37)34-17-16-24-10-6-7-11-27(24)34/h3-15,18-19H,16-17,20H2,1-2H3. The van der Waals surface area contributed by atoms with E-state index in [1.165, 1.54) is 27.8 Å². The fraction of sp³-hybridized carbons (Fsp3) is 0.161. The summed E-state index contributed by atoms with van der Waals surface area (Å²) in [5.74, 6) is -0.234. The number of hydrogen-bond donors (Lipinski definition) is 0. The van der Waals surface area contributed by atoms with Crippen LogP contribution in [0.15, 0.2) is 95.9 Å². The smallest absolute Gasteiger partial charge is 0.264 e. The molecule has 6 nitrogen and oxygen atoms in total. The van der Waals surface area contributed by atoms with E-state index in [2.05, 4.69) is 19.1 Å². The number of thiazole rings is 1. The molecule has 0 N–H and O–H groups in total. The highest BCUT2D eigenvalue weighted by Crippen LogP contribution is 2.35. The average molecular weight is 554 g/mol. The molecule has 196 valence electrons. The molecule has 4 aromatic carbocycles. The summed E-state index contributed by atoms with van der Waals surface area (Å²) in [7, 11) is -3.74. The second-order valence-corrected chi connectivity index (χ2v) is 12.7. The number of nitrogens with zero attached hydrogens (tertiary/aromatic N) is 3. The van der Waals surface area contributed by atoms with Crippen LogP contribution in [0.25, 0.3) is 10.2 Å². The minimum atomic E-state index is -3.74. The first-order valence-corrected chi connectivity index (χ1v) is 15.0. The number of aryl methyl sites for hydroxylation is 2. The van der Waals surface area contributed by atoms with E-state index in [4.69, 9.17) is 4.98 Å². The number of carbonyl (C=O) groups is 1. The Labute approximate surface area is 232 Å². The number of fused-ring (bicyclic) bond motifs is 2. The summed E-state index contributed by atoms with van der Waals surface area (Å²) in [4.78, 5) is 20.6. The SMILES string of the molecule is Cc1cc(C)c2nc(N(Cc3ccccc3)C(=O)c3ccc(S(=O)(=O)N4CCc5ccccc54)cc3)sc2c1. The van der Waals surface area contributed by atoms with Gasteiger partial charge in [-0.1, -0.05) is 65.9 Å². The summed E-state index contributed by atoms with van der Waals surface area (Å²) in [6.45, 7) is 4.83. The van der Waals surface area contributed by atoms with Gasteiger partial charge >= 0.3 is 0 Å². The molecule has 6 rings (SSSR count). The second kappa shape index (κ2) is 9.94. The van der Waals surface area contributed by atoms with Crippen LogP contribution in [0.3, 0.4) is 0 Å². The van der Waals surface area contributed by atoms with Crippen molar-refractivity contribution in [2.75, 3.05) is 15.7 Å². The maximum Gasteiger partial charge on any atom is 0.264 e. The molecule has 2 heterocycles. The number of sulfonamides is 1. The van der Waals surface area contributed by atoms with Gasteiger partial charge in [0.1, 0.15) is 0 Å². The van der Waals surface area contributed by atoms with Crippen LogP contribution < -0.4 is 9.21 Å². The largest absolute Gasteiger partial charge is 0.279 e. The maximum atomic E-state index is 13.9. The summed E-state index contributed by atoms with van der Waals surface area (Å²) in [5, 5.41) is 0.609. The van der Waals surface area contributed by atoms with Crippen molar-refractivity contribution in [2.24, 2.45) is 0 Å². The Bertz CT molecular complexity index is 1800. The number of amides is 1. The van der Waals surface area contributed by atoms with Crippen molar-refractivity contribution in [1.82, 2.24) is 4.98 Å². The molecule has 0 unspecified atom stereocenters. The molecular formula is C31H27N3O3S2. The molecular weight excluding hydrogens is 526 g/mol. The van der Waals surface area contributed by atoms with Crippen molar-refractivity contribution in [1.29, 1.82) is 0 Å². The zero-order valence-corrected chi connectivity index (χ0v) is 23.3. The normalized spacial score (nSPS) is 13.0. The molecule has 1 aliphatic rings. The summed E-state index contributed by atoms with van der Waals surface area (Å²) in [5.41, 5.74) is 6.22. The zero-order valence-electron chi connectivity index (χ0n) is 21.7. The first-order chi connectivity index (χ1) is 18.8. The van der Waals surface area contributed by atoms with Gasteiger partial charge in [0.25, 0.3) is 15.9 Å². The molecule has 0 aliphatic carbocycles. The lowest BCUT2D eigenvalue weighted by Gasteiger charge is -2.21. The van der Waals surface area contributed by atoms with Crippen LogP contribution >= 0.6 is 11.3 Å². The molecule has 39 heavy (non-hydrogen) atoms. The molecule has 0 saturated heterocycles. The van der Waals surface area contributed by atoms with Crippen LogP contribution in [0, 0.1) is 13.8 Å². The average Bonchev–Trinajstić information content (AvgIpc) is 3.57. The van der Waals surface area contributed by atoms with Crippen LogP contribution in [0.2, 0.25) is 0 Å². The third-order valence-corrected chi connectivity index (χ3v) is 9.86. The van der Waals surface area contributed by atoms with Gasteiger partial charge in [0, 0.05) is 12.1 Å². The second-order valence-electron chi connectivity index (χ2n) is 9.78. The lowest BCUT2D eigenvalue weighted by atomic mass is 10.1. The topological polar surface area (TPSA) is 70.6 Å². The predicted molar refractivity (Wildman–Crippen MR) is 157 cm³/mol. The highest BCUT2D eigenvalue weighted by Gasteiger charge is 2.31.